The van der Waals surface area contributed by atoms with Gasteiger partial charge in [-0.25, -0.2) is 0 Å². The van der Waals surface area contributed by atoms with Crippen molar-refractivity contribution in [3.05, 3.63) is 63.6 Å². The molecule has 2 aromatic rings. The number of hydrogen-bond acceptors (Lipinski definition) is 5. The van der Waals surface area contributed by atoms with Crippen LogP contribution in [0.1, 0.15) is 56.7 Å². The zero-order valence-electron chi connectivity index (χ0n) is 26.0. The van der Waals surface area contributed by atoms with Crippen LogP contribution in [0, 0.1) is 11.8 Å². The summed E-state index contributed by atoms with van der Waals surface area (Å²) in [7, 11) is 3.92. The molecule has 0 saturated carbocycles. The molecule has 2 unspecified atom stereocenters. The van der Waals surface area contributed by atoms with Crippen molar-refractivity contribution in [1.29, 1.82) is 0 Å². The van der Waals surface area contributed by atoms with Gasteiger partial charge in [-0.15, -0.1) is 0 Å². The number of nitrogens with one attached hydrogen (secondary N) is 1. The molecule has 10 heteroatoms. The van der Waals surface area contributed by atoms with Crippen molar-refractivity contribution in [2.45, 2.75) is 45.6 Å². The number of carbonyl (C=O) groups excluding carboxylic acids is 3. The second kappa shape index (κ2) is 14.8. The Labute approximate surface area is 266 Å². The third-order valence-corrected chi connectivity index (χ3v) is 8.99. The lowest BCUT2D eigenvalue weighted by Gasteiger charge is -2.39. The lowest BCUT2D eigenvalue weighted by Crippen LogP contribution is -2.51. The topological polar surface area (TPSA) is 76.2 Å². The molecule has 0 spiro atoms. The highest BCUT2D eigenvalue weighted by Crippen LogP contribution is 2.36. The number of halogens is 2. The van der Waals surface area contributed by atoms with Crippen LogP contribution in [-0.2, 0) is 14.4 Å². The molecule has 2 aliphatic heterocycles. The van der Waals surface area contributed by atoms with E-state index in [2.05, 4.69) is 24.1 Å². The van der Waals surface area contributed by atoms with Crippen molar-refractivity contribution in [2.24, 2.45) is 11.8 Å². The Balaban J connectivity index is 1.49. The smallest absolute Gasteiger partial charge is 0.228 e. The summed E-state index contributed by atoms with van der Waals surface area (Å²) in [6.07, 6.45) is 1.22. The van der Waals surface area contributed by atoms with Crippen LogP contribution in [-0.4, -0.2) is 92.3 Å². The summed E-state index contributed by atoms with van der Waals surface area (Å²) in [5.41, 5.74) is 3.08. The minimum absolute atomic E-state index is 0.0147. The molecule has 234 valence electrons. The maximum Gasteiger partial charge on any atom is 0.228 e. The van der Waals surface area contributed by atoms with Gasteiger partial charge in [-0.3, -0.25) is 14.4 Å². The van der Waals surface area contributed by atoms with Crippen LogP contribution in [0.5, 0.6) is 0 Å². The van der Waals surface area contributed by atoms with Gasteiger partial charge in [0.1, 0.15) is 0 Å². The van der Waals surface area contributed by atoms with Crippen molar-refractivity contribution in [3.63, 3.8) is 0 Å². The molecule has 0 aromatic heterocycles. The first-order chi connectivity index (χ1) is 20.4. The van der Waals surface area contributed by atoms with Crippen LogP contribution < -0.4 is 10.2 Å². The zero-order valence-corrected chi connectivity index (χ0v) is 27.5. The van der Waals surface area contributed by atoms with Gasteiger partial charge in [0.05, 0.1) is 12.0 Å². The summed E-state index contributed by atoms with van der Waals surface area (Å²) in [5.74, 6) is 0.102. The average Bonchev–Trinajstić information content (AvgIpc) is 3.42. The minimum Gasteiger partial charge on any atom is -0.368 e. The van der Waals surface area contributed by atoms with Gasteiger partial charge < -0.3 is 24.9 Å². The molecule has 2 heterocycles. The van der Waals surface area contributed by atoms with E-state index in [1.54, 1.807) is 11.8 Å². The number of nitrogens with zero attached hydrogens (tertiary/aromatic N) is 4. The standard InChI is InChI=1S/C33H45Cl2N5O3/c1-22(2)18-30(36-32(42)12-13-37(4)5)27-19-26(35)10-11-31(27)38-14-16-39(17-15-38)33(43)29-21-40(23(3)41)20-28(29)24-6-8-25(34)9-7-24/h6-11,19,22,28-30H,12-18,20-21H2,1-5H3,(H,36,42)/t28?,29?,30-/m0/s1. The van der Waals surface area contributed by atoms with Gasteiger partial charge in [0.15, 0.2) is 0 Å². The molecule has 8 nitrogen and oxygen atoms in total. The normalized spacial score (nSPS) is 19.7. The molecule has 3 atom stereocenters. The van der Waals surface area contributed by atoms with Crippen LogP contribution in [0.15, 0.2) is 42.5 Å². The molecule has 4 rings (SSSR count). The Kier molecular flexibility index (Phi) is 11.4. The fraction of sp³-hybridized carbons (Fsp3) is 0.545. The highest BCUT2D eigenvalue weighted by Gasteiger charge is 2.42. The summed E-state index contributed by atoms with van der Waals surface area (Å²) in [6, 6.07) is 13.3. The van der Waals surface area contributed by atoms with Gasteiger partial charge >= 0.3 is 0 Å². The lowest BCUT2D eigenvalue weighted by molar-refractivity contribution is -0.136. The molecular weight excluding hydrogens is 585 g/mol. The minimum atomic E-state index is -0.296. The second-order valence-corrected chi connectivity index (χ2v) is 13.4. The van der Waals surface area contributed by atoms with Gasteiger partial charge in [-0.05, 0) is 67.9 Å². The van der Waals surface area contributed by atoms with Gasteiger partial charge in [-0.1, -0.05) is 49.2 Å². The third-order valence-electron chi connectivity index (χ3n) is 8.51. The monoisotopic (exact) mass is 629 g/mol. The highest BCUT2D eigenvalue weighted by atomic mass is 35.5. The Morgan fingerprint density at radius 3 is 2.19 bits per heavy atom. The quantitative estimate of drug-likeness (QED) is 0.398. The lowest BCUT2D eigenvalue weighted by atomic mass is 9.88. The summed E-state index contributed by atoms with van der Waals surface area (Å²) in [4.78, 5) is 47.1. The van der Waals surface area contributed by atoms with Crippen LogP contribution in [0.4, 0.5) is 5.69 Å². The maximum atomic E-state index is 13.9. The van der Waals surface area contributed by atoms with E-state index in [4.69, 9.17) is 23.2 Å². The number of likely N-dealkylation sites (tertiary alicyclic amines) is 1. The number of amides is 3. The summed E-state index contributed by atoms with van der Waals surface area (Å²) >= 11 is 12.6. The summed E-state index contributed by atoms with van der Waals surface area (Å²) in [6.45, 7) is 9.99. The van der Waals surface area contributed by atoms with Crippen LogP contribution in [0.2, 0.25) is 10.0 Å². The summed E-state index contributed by atoms with van der Waals surface area (Å²) in [5, 5.41) is 4.55. The van der Waals surface area contributed by atoms with E-state index in [1.807, 2.05) is 66.4 Å². The fourth-order valence-corrected chi connectivity index (χ4v) is 6.49. The van der Waals surface area contributed by atoms with Crippen molar-refractivity contribution in [3.8, 4) is 0 Å². The molecule has 0 aliphatic carbocycles. The number of carbonyl (C=O) groups is 3. The van der Waals surface area contributed by atoms with Crippen molar-refractivity contribution in [2.75, 3.05) is 64.8 Å². The molecule has 2 fully saturated rings. The predicted octanol–water partition coefficient (Wildman–Crippen LogP) is 5.06. The summed E-state index contributed by atoms with van der Waals surface area (Å²) < 4.78 is 0. The Hall–Kier alpha value is -2.81. The molecule has 2 aliphatic rings. The molecule has 2 aromatic carbocycles. The van der Waals surface area contributed by atoms with Crippen LogP contribution >= 0.6 is 23.2 Å². The van der Waals surface area contributed by atoms with E-state index >= 15 is 0 Å². The van der Waals surface area contributed by atoms with E-state index in [0.29, 0.717) is 68.2 Å². The average molecular weight is 631 g/mol. The number of benzene rings is 2. The van der Waals surface area contributed by atoms with Gasteiger partial charge in [0.25, 0.3) is 0 Å². The van der Waals surface area contributed by atoms with Gasteiger partial charge in [0.2, 0.25) is 17.7 Å². The molecule has 3 amide bonds. The van der Waals surface area contributed by atoms with Crippen molar-refractivity contribution in [1.82, 2.24) is 20.0 Å². The number of piperazine rings is 1. The first kappa shape index (κ1) is 33.1. The predicted molar refractivity (Wildman–Crippen MR) is 174 cm³/mol. The van der Waals surface area contributed by atoms with Gasteiger partial charge in [0, 0.05) is 80.8 Å². The van der Waals surface area contributed by atoms with E-state index in [0.717, 1.165) is 23.2 Å². The zero-order chi connectivity index (χ0) is 31.3. The second-order valence-electron chi connectivity index (χ2n) is 12.5. The molecule has 0 bridgehead atoms. The van der Waals surface area contributed by atoms with E-state index in [9.17, 15) is 14.4 Å². The maximum absolute atomic E-state index is 13.9. The third kappa shape index (κ3) is 8.64. The first-order valence-electron chi connectivity index (χ1n) is 15.2. The Bertz CT molecular complexity index is 1280. The van der Waals surface area contributed by atoms with Crippen molar-refractivity contribution < 1.29 is 14.4 Å². The molecule has 43 heavy (non-hydrogen) atoms. The van der Waals surface area contributed by atoms with Crippen LogP contribution in [0.25, 0.3) is 0 Å². The number of anilines is 1. The van der Waals surface area contributed by atoms with E-state index in [1.165, 1.54) is 0 Å². The SMILES string of the molecule is CC(=O)N1CC(C(=O)N2CCN(c3ccc(Cl)cc3[C@H](CC(C)C)NC(=O)CCN(C)C)CC2)C(c2ccc(Cl)cc2)C1. The van der Waals surface area contributed by atoms with E-state index < -0.39 is 0 Å². The largest absolute Gasteiger partial charge is 0.368 e. The van der Waals surface area contributed by atoms with Gasteiger partial charge in [-0.2, -0.15) is 0 Å². The molecule has 2 saturated heterocycles. The highest BCUT2D eigenvalue weighted by molar-refractivity contribution is 6.31. The fourth-order valence-electron chi connectivity index (χ4n) is 6.18. The molecule has 0 radical (unpaired) electrons. The first-order valence-corrected chi connectivity index (χ1v) is 16.0. The molecular formula is C33H45Cl2N5O3. The Morgan fingerprint density at radius 2 is 1.58 bits per heavy atom. The Morgan fingerprint density at radius 1 is 0.930 bits per heavy atom. The van der Waals surface area contributed by atoms with E-state index in [-0.39, 0.29) is 35.6 Å². The van der Waals surface area contributed by atoms with Crippen LogP contribution in [0.3, 0.4) is 0 Å². The van der Waals surface area contributed by atoms with Crippen molar-refractivity contribution >= 4 is 46.6 Å². The number of hydrogen-bond donors (Lipinski definition) is 1. The molecule has 1 N–H and O–H groups in total. The number of rotatable bonds is 10.